The number of ether oxygens (including phenoxy) is 1. The highest BCUT2D eigenvalue weighted by Gasteiger charge is 2.10. The second-order valence-corrected chi connectivity index (χ2v) is 8.98. The van der Waals surface area contributed by atoms with Gasteiger partial charge in [-0.3, -0.25) is 0 Å². The molecule has 0 spiro atoms. The quantitative estimate of drug-likeness (QED) is 0.249. The van der Waals surface area contributed by atoms with E-state index in [-0.39, 0.29) is 0 Å². The Balaban J connectivity index is 1.76. The van der Waals surface area contributed by atoms with Crippen LogP contribution in [0.5, 0.6) is 5.75 Å². The van der Waals surface area contributed by atoms with Gasteiger partial charge in [0, 0.05) is 12.7 Å². The summed E-state index contributed by atoms with van der Waals surface area (Å²) >= 11 is 0. The monoisotopic (exact) mass is 457 g/mol. The van der Waals surface area contributed by atoms with E-state index >= 15 is 0 Å². The summed E-state index contributed by atoms with van der Waals surface area (Å²) in [6, 6.07) is 27.2. The van der Waals surface area contributed by atoms with Crippen LogP contribution in [0.4, 0.5) is 11.4 Å². The third kappa shape index (κ3) is 7.38. The highest BCUT2D eigenvalue weighted by molar-refractivity contribution is 5.95. The largest absolute Gasteiger partial charge is 0.492 e. The summed E-state index contributed by atoms with van der Waals surface area (Å²) in [6.45, 7) is 10.2. The van der Waals surface area contributed by atoms with Crippen molar-refractivity contribution in [1.82, 2.24) is 4.90 Å². The van der Waals surface area contributed by atoms with Crippen LogP contribution in [0.3, 0.4) is 0 Å². The second kappa shape index (κ2) is 12.8. The van der Waals surface area contributed by atoms with Gasteiger partial charge in [0.2, 0.25) is 5.96 Å². The van der Waals surface area contributed by atoms with Crippen LogP contribution in [0.25, 0.3) is 0 Å². The average molecular weight is 458 g/mol. The molecule has 0 radical (unpaired) electrons. The Bertz CT molecular complexity index is 1010. The number of hydrogen-bond donors (Lipinski definition) is 1. The van der Waals surface area contributed by atoms with Gasteiger partial charge in [-0.15, -0.1) is 0 Å². The molecule has 2 atom stereocenters. The summed E-state index contributed by atoms with van der Waals surface area (Å²) in [5.74, 6) is 2.79. The molecule has 2 unspecified atom stereocenters. The van der Waals surface area contributed by atoms with Crippen molar-refractivity contribution in [3.8, 4) is 5.75 Å². The molecule has 4 heteroatoms. The lowest BCUT2D eigenvalue weighted by Gasteiger charge is -2.23. The number of nitrogens with one attached hydrogen (secondary N) is 1. The fourth-order valence-corrected chi connectivity index (χ4v) is 3.63. The Morgan fingerprint density at radius 1 is 0.824 bits per heavy atom. The normalized spacial score (nSPS) is 13.3. The molecule has 0 heterocycles. The summed E-state index contributed by atoms with van der Waals surface area (Å²) in [7, 11) is 2.04. The zero-order chi connectivity index (χ0) is 24.3. The van der Waals surface area contributed by atoms with Crippen LogP contribution in [0, 0.1) is 0 Å². The van der Waals surface area contributed by atoms with Gasteiger partial charge in [-0.1, -0.05) is 70.2 Å². The zero-order valence-corrected chi connectivity index (χ0v) is 21.3. The van der Waals surface area contributed by atoms with Crippen molar-refractivity contribution in [2.45, 2.75) is 52.4 Å². The third-order valence-corrected chi connectivity index (χ3v) is 6.46. The number of nitrogens with zero attached hydrogens (tertiary/aromatic N) is 2. The number of guanidine groups is 1. The average Bonchev–Trinajstić information content (AvgIpc) is 2.88. The van der Waals surface area contributed by atoms with Crippen LogP contribution in [0.15, 0.2) is 83.9 Å². The SMILES string of the molecule is CCC(C)c1ccc(N=C(Nc2ccc(C(C)CC)cc2)N(C)CCOc2ccccc2)cc1. The predicted octanol–water partition coefficient (Wildman–Crippen LogP) is 7.82. The number of para-hydroxylation sites is 1. The topological polar surface area (TPSA) is 36.9 Å². The fraction of sp³-hybridized carbons (Fsp3) is 0.367. The van der Waals surface area contributed by atoms with E-state index in [0.29, 0.717) is 25.0 Å². The Morgan fingerprint density at radius 3 is 1.94 bits per heavy atom. The van der Waals surface area contributed by atoms with Crippen LogP contribution in [-0.2, 0) is 0 Å². The summed E-state index contributed by atoms with van der Waals surface area (Å²) < 4.78 is 5.91. The molecule has 0 amide bonds. The number of anilines is 1. The van der Waals surface area contributed by atoms with Gasteiger partial charge in [-0.2, -0.15) is 0 Å². The van der Waals surface area contributed by atoms with Crippen molar-refractivity contribution >= 4 is 17.3 Å². The van der Waals surface area contributed by atoms with Crippen molar-refractivity contribution in [2.24, 2.45) is 4.99 Å². The van der Waals surface area contributed by atoms with Gasteiger partial charge in [0.15, 0.2) is 0 Å². The van der Waals surface area contributed by atoms with Crippen molar-refractivity contribution < 1.29 is 4.74 Å². The first kappa shape index (κ1) is 25.4. The first-order chi connectivity index (χ1) is 16.5. The predicted molar refractivity (Wildman–Crippen MR) is 146 cm³/mol. The number of aliphatic imine (C=N–C) groups is 1. The minimum Gasteiger partial charge on any atom is -0.492 e. The van der Waals surface area contributed by atoms with Crippen molar-refractivity contribution in [1.29, 1.82) is 0 Å². The van der Waals surface area contributed by atoms with Gasteiger partial charge in [0.05, 0.1) is 12.2 Å². The molecule has 1 N–H and O–H groups in total. The molecular weight excluding hydrogens is 418 g/mol. The molecule has 180 valence electrons. The Kier molecular flexibility index (Phi) is 9.57. The second-order valence-electron chi connectivity index (χ2n) is 8.98. The zero-order valence-electron chi connectivity index (χ0n) is 21.3. The summed E-state index contributed by atoms with van der Waals surface area (Å²) in [5, 5.41) is 3.53. The molecule has 0 bridgehead atoms. The van der Waals surface area contributed by atoms with Crippen molar-refractivity contribution in [2.75, 3.05) is 25.5 Å². The van der Waals surface area contributed by atoms with Gasteiger partial charge in [0.1, 0.15) is 12.4 Å². The van der Waals surface area contributed by atoms with Gasteiger partial charge in [-0.25, -0.2) is 4.99 Å². The summed E-state index contributed by atoms with van der Waals surface area (Å²) in [4.78, 5) is 7.06. The van der Waals surface area contributed by atoms with Gasteiger partial charge < -0.3 is 15.0 Å². The molecule has 3 rings (SSSR count). The lowest BCUT2D eigenvalue weighted by molar-refractivity contribution is 0.284. The Labute approximate surface area is 205 Å². The number of benzene rings is 3. The van der Waals surface area contributed by atoms with E-state index < -0.39 is 0 Å². The lowest BCUT2D eigenvalue weighted by atomic mass is 9.98. The van der Waals surface area contributed by atoms with Crippen LogP contribution >= 0.6 is 0 Å². The van der Waals surface area contributed by atoms with Crippen molar-refractivity contribution in [3.63, 3.8) is 0 Å². The van der Waals surface area contributed by atoms with Crippen LogP contribution < -0.4 is 10.1 Å². The maximum atomic E-state index is 5.91. The number of likely N-dealkylation sites (N-methyl/N-ethyl adjacent to an activating group) is 1. The minimum absolute atomic E-state index is 0.553. The first-order valence-electron chi connectivity index (χ1n) is 12.4. The van der Waals surface area contributed by atoms with Gasteiger partial charge >= 0.3 is 0 Å². The molecular formula is C30H39N3O. The fourth-order valence-electron chi connectivity index (χ4n) is 3.63. The Morgan fingerprint density at radius 2 is 1.38 bits per heavy atom. The molecule has 3 aromatic rings. The third-order valence-electron chi connectivity index (χ3n) is 6.46. The molecule has 34 heavy (non-hydrogen) atoms. The highest BCUT2D eigenvalue weighted by atomic mass is 16.5. The van der Waals surface area contributed by atoms with E-state index in [2.05, 4.69) is 86.4 Å². The Hall–Kier alpha value is -3.27. The highest BCUT2D eigenvalue weighted by Crippen LogP contribution is 2.23. The van der Waals surface area contributed by atoms with Crippen molar-refractivity contribution in [3.05, 3.63) is 90.0 Å². The van der Waals surface area contributed by atoms with Gasteiger partial charge in [-0.05, 0) is 72.2 Å². The number of rotatable bonds is 10. The molecule has 0 aliphatic rings. The smallest absolute Gasteiger partial charge is 0.203 e. The van der Waals surface area contributed by atoms with E-state index in [9.17, 15) is 0 Å². The lowest BCUT2D eigenvalue weighted by Crippen LogP contribution is -2.36. The van der Waals surface area contributed by atoms with Crippen LogP contribution in [-0.4, -0.2) is 31.1 Å². The maximum absolute atomic E-state index is 5.91. The number of hydrogen-bond acceptors (Lipinski definition) is 2. The standard InChI is InChI=1S/C30H39N3O/c1-6-23(3)25-13-17-27(18-14-25)31-30(32-28-19-15-26(16-20-28)24(4)7-2)33(5)21-22-34-29-11-9-8-10-12-29/h8-20,23-24H,6-7,21-22H2,1-5H3,(H,31,32). The van der Waals surface area contributed by atoms with E-state index in [4.69, 9.17) is 9.73 Å². The van der Waals surface area contributed by atoms with E-state index in [0.717, 1.165) is 35.9 Å². The molecule has 0 saturated carbocycles. The van der Waals surface area contributed by atoms with Gasteiger partial charge in [0.25, 0.3) is 0 Å². The maximum Gasteiger partial charge on any atom is 0.203 e. The van der Waals surface area contributed by atoms with Crippen LogP contribution in [0.1, 0.15) is 63.5 Å². The summed E-state index contributed by atoms with van der Waals surface area (Å²) in [5.41, 5.74) is 4.66. The minimum atomic E-state index is 0.553. The van der Waals surface area contributed by atoms with E-state index in [1.54, 1.807) is 0 Å². The summed E-state index contributed by atoms with van der Waals surface area (Å²) in [6.07, 6.45) is 2.27. The van der Waals surface area contributed by atoms with E-state index in [1.807, 2.05) is 37.4 Å². The molecule has 0 saturated heterocycles. The molecule has 0 aromatic heterocycles. The first-order valence-corrected chi connectivity index (χ1v) is 12.4. The van der Waals surface area contributed by atoms with Crippen LogP contribution in [0.2, 0.25) is 0 Å². The molecule has 0 aliphatic heterocycles. The molecule has 4 nitrogen and oxygen atoms in total. The van der Waals surface area contributed by atoms with E-state index in [1.165, 1.54) is 11.1 Å². The molecule has 3 aromatic carbocycles. The molecule has 0 fully saturated rings. The molecule has 0 aliphatic carbocycles.